The van der Waals surface area contributed by atoms with Gasteiger partial charge in [-0.3, -0.25) is 0 Å². The molecule has 4 aromatic carbocycles. The summed E-state index contributed by atoms with van der Waals surface area (Å²) in [6.45, 7) is 42.4. The van der Waals surface area contributed by atoms with Crippen molar-refractivity contribution in [3.63, 3.8) is 0 Å². The number of anilines is 8. The molecule has 0 atom stereocenters. The molecule has 0 unspecified atom stereocenters. The first-order valence-electron chi connectivity index (χ1n) is 37.8. The van der Waals surface area contributed by atoms with Crippen LogP contribution in [0.3, 0.4) is 0 Å². The number of fused-ring (bicyclic) bond motifs is 4. The molecular formula is C86H106F6N12O8. The molecule has 0 aliphatic heterocycles. The normalized spacial score (nSPS) is 17.4. The Morgan fingerprint density at radius 3 is 0.804 bits per heavy atom. The fourth-order valence-corrected chi connectivity index (χ4v) is 15.5. The van der Waals surface area contributed by atoms with Crippen LogP contribution in [-0.4, -0.2) is 123 Å². The van der Waals surface area contributed by atoms with E-state index in [-0.39, 0.29) is 77.5 Å². The molecular weight excluding hydrogens is 1440 g/mol. The number of alkyl halides is 6. The Kier molecular flexibility index (Phi) is 24.4. The summed E-state index contributed by atoms with van der Waals surface area (Å²) in [6.07, 6.45) is 9.09. The quantitative estimate of drug-likeness (QED) is 0.0655. The van der Waals surface area contributed by atoms with Crippen LogP contribution in [0.2, 0.25) is 0 Å². The molecule has 4 N–H and O–H groups in total. The van der Waals surface area contributed by atoms with Crippen molar-refractivity contribution in [3.05, 3.63) is 188 Å². The van der Waals surface area contributed by atoms with Crippen molar-refractivity contribution in [2.75, 3.05) is 45.8 Å². The van der Waals surface area contributed by atoms with Gasteiger partial charge in [-0.1, -0.05) is 135 Å². The van der Waals surface area contributed by atoms with Gasteiger partial charge in [-0.15, -0.1) is 0 Å². The maximum Gasteiger partial charge on any atom is 0.406 e. The summed E-state index contributed by atoms with van der Waals surface area (Å²) in [5.74, 6) is -3.84. The van der Waals surface area contributed by atoms with Gasteiger partial charge < -0.3 is 40.0 Å². The average Bonchev–Trinajstić information content (AvgIpc) is 0.759. The van der Waals surface area contributed by atoms with Crippen LogP contribution in [0.4, 0.5) is 72.9 Å². The van der Waals surface area contributed by atoms with Gasteiger partial charge >= 0.3 is 36.2 Å². The van der Waals surface area contributed by atoms with E-state index in [2.05, 4.69) is 200 Å². The molecule has 8 aromatic rings. The highest BCUT2D eigenvalue weighted by atomic mass is 19.4. The monoisotopic (exact) mass is 1550 g/mol. The van der Waals surface area contributed by atoms with Crippen LogP contribution in [0.1, 0.15) is 273 Å². The third kappa shape index (κ3) is 19.1. The van der Waals surface area contributed by atoms with E-state index in [1.165, 1.54) is 65.4 Å². The third-order valence-electron chi connectivity index (χ3n) is 23.0. The summed E-state index contributed by atoms with van der Waals surface area (Å²) < 4.78 is 80.2. The minimum Gasteiger partial charge on any atom is -0.478 e. The molecule has 0 fully saturated rings. The van der Waals surface area contributed by atoms with Crippen LogP contribution in [0.15, 0.2) is 110 Å². The summed E-state index contributed by atoms with van der Waals surface area (Å²) in [5, 5.41) is 36.1. The highest BCUT2D eigenvalue weighted by Gasteiger charge is 2.44. The molecule has 0 saturated carbocycles. The lowest BCUT2D eigenvalue weighted by Gasteiger charge is -2.43. The van der Waals surface area contributed by atoms with Crippen molar-refractivity contribution in [2.45, 2.75) is 246 Å². The smallest absolute Gasteiger partial charge is 0.406 e. The Balaban J connectivity index is 0.000000172. The van der Waals surface area contributed by atoms with Gasteiger partial charge in [0.15, 0.2) is 0 Å². The minimum atomic E-state index is -4.49. The minimum absolute atomic E-state index is 0.0577. The van der Waals surface area contributed by atoms with Gasteiger partial charge in [0.2, 0.25) is 23.8 Å². The number of nitrogens with zero attached hydrogens (tertiary/aromatic N) is 12. The van der Waals surface area contributed by atoms with E-state index < -0.39 is 49.3 Å². The zero-order valence-corrected chi connectivity index (χ0v) is 67.9. The predicted octanol–water partition coefficient (Wildman–Crippen LogP) is 20.4. The van der Waals surface area contributed by atoms with Gasteiger partial charge in [0.1, 0.15) is 13.1 Å². The number of hydrogen-bond donors (Lipinski definition) is 4. The van der Waals surface area contributed by atoms with Crippen molar-refractivity contribution in [1.29, 1.82) is 0 Å². The number of hydrogen-bond acceptors (Lipinski definition) is 16. The van der Waals surface area contributed by atoms with Gasteiger partial charge in [-0.05, 0) is 214 Å². The largest absolute Gasteiger partial charge is 0.478 e. The van der Waals surface area contributed by atoms with E-state index in [4.69, 9.17) is 20.4 Å². The number of carboxylic acid groups (broad SMARTS) is 4. The Morgan fingerprint density at radius 2 is 0.536 bits per heavy atom. The maximum absolute atomic E-state index is 13.4. The lowest BCUT2D eigenvalue weighted by molar-refractivity contribution is -0.119. The molecule has 4 aliphatic rings. The number of rotatable bonds is 16. The SMILES string of the molecule is CC1(C)CCC(C)(C)c2cc(N(CC(F)(F)F)c3ncc(C(=O)O)cn3)ccc21.CCN(c1ccc2c(c1)C(C)(C)CCC2(C)C)c1ncc(C(=O)O)cn1.CCN(c1ncc(C(=O)O)cn1)c1cc2c(cc1C)C(C)(C)CCC2(C)C.Cc1cc2c(cc1N(CC(F)(F)F)c1ncc(C(=O)O)cn1)C(C)(C)CCC2(C)C. The molecule has 0 amide bonds. The third-order valence-corrected chi connectivity index (χ3v) is 23.0. The molecule has 26 heteroatoms. The van der Waals surface area contributed by atoms with Crippen LogP contribution < -0.4 is 19.6 Å². The van der Waals surface area contributed by atoms with E-state index in [0.29, 0.717) is 41.9 Å². The van der Waals surface area contributed by atoms with Gasteiger partial charge in [0.25, 0.3) is 0 Å². The van der Waals surface area contributed by atoms with Gasteiger partial charge in [0, 0.05) is 85.4 Å². The van der Waals surface area contributed by atoms with E-state index in [9.17, 15) is 45.5 Å². The van der Waals surface area contributed by atoms with Crippen molar-refractivity contribution in [1.82, 2.24) is 39.9 Å². The highest BCUT2D eigenvalue weighted by Crippen LogP contribution is 2.52. The molecule has 0 bridgehead atoms. The lowest BCUT2D eigenvalue weighted by atomic mass is 9.63. The van der Waals surface area contributed by atoms with E-state index in [1.807, 2.05) is 30.0 Å². The van der Waals surface area contributed by atoms with Crippen molar-refractivity contribution in [3.8, 4) is 0 Å². The molecule has 4 aromatic heterocycles. The summed E-state index contributed by atoms with van der Waals surface area (Å²) in [7, 11) is 0. The second kappa shape index (κ2) is 31.8. The molecule has 112 heavy (non-hydrogen) atoms. The first-order chi connectivity index (χ1) is 51.7. The molecule has 4 aliphatic carbocycles. The Morgan fingerprint density at radius 1 is 0.321 bits per heavy atom. The van der Waals surface area contributed by atoms with Crippen molar-refractivity contribution < 1.29 is 65.9 Å². The number of halogens is 6. The summed E-state index contributed by atoms with van der Waals surface area (Å²) in [4.78, 5) is 82.9. The Labute approximate surface area is 652 Å². The second-order valence-corrected chi connectivity index (χ2v) is 35.1. The second-order valence-electron chi connectivity index (χ2n) is 35.1. The van der Waals surface area contributed by atoms with E-state index >= 15 is 0 Å². The van der Waals surface area contributed by atoms with E-state index in [0.717, 1.165) is 107 Å². The number of aromatic nitrogens is 8. The number of carbonyl (C=O) groups is 4. The summed E-state index contributed by atoms with van der Waals surface area (Å²) >= 11 is 0. The Bertz CT molecular complexity index is 4790. The molecule has 0 saturated heterocycles. The van der Waals surface area contributed by atoms with Crippen molar-refractivity contribution >= 4 is 70.4 Å². The van der Waals surface area contributed by atoms with Crippen LogP contribution in [0, 0.1) is 13.8 Å². The van der Waals surface area contributed by atoms with Gasteiger partial charge in [-0.2, -0.15) is 26.3 Å². The number of carboxylic acids is 4. The average molecular weight is 1550 g/mol. The first kappa shape index (κ1) is 85.9. The lowest BCUT2D eigenvalue weighted by Crippen LogP contribution is -2.36. The van der Waals surface area contributed by atoms with Crippen LogP contribution in [-0.2, 0) is 43.3 Å². The number of benzene rings is 4. The zero-order chi connectivity index (χ0) is 83.2. The maximum atomic E-state index is 13.4. The predicted molar refractivity (Wildman–Crippen MR) is 424 cm³/mol. The topological polar surface area (TPSA) is 265 Å². The Hall–Kier alpha value is -10.1. The van der Waals surface area contributed by atoms with Crippen LogP contribution in [0.5, 0.6) is 0 Å². The molecule has 0 radical (unpaired) electrons. The zero-order valence-electron chi connectivity index (χ0n) is 67.9. The molecule has 0 spiro atoms. The summed E-state index contributed by atoms with van der Waals surface area (Å²) in [5.41, 5.74) is 14.6. The molecule has 4 heterocycles. The van der Waals surface area contributed by atoms with Gasteiger partial charge in [0.05, 0.1) is 22.3 Å². The fraction of sp³-hybridized carbons (Fsp3) is 0.488. The summed E-state index contributed by atoms with van der Waals surface area (Å²) in [6, 6.07) is 20.4. The first-order valence-corrected chi connectivity index (χ1v) is 37.8. The molecule has 600 valence electrons. The van der Waals surface area contributed by atoms with Gasteiger partial charge in [-0.25, -0.2) is 59.0 Å². The molecule has 20 nitrogen and oxygen atoms in total. The number of aromatic carboxylic acids is 4. The molecule has 12 rings (SSSR count). The fourth-order valence-electron chi connectivity index (χ4n) is 15.5. The highest BCUT2D eigenvalue weighted by molar-refractivity contribution is 5.88. The van der Waals surface area contributed by atoms with Crippen LogP contribution in [0.25, 0.3) is 0 Å². The van der Waals surface area contributed by atoms with Crippen molar-refractivity contribution in [2.24, 2.45) is 0 Å². The standard InChI is InChI=1S/C22H26F3N3O2.C22H29N3O2.C21H24F3N3O2.C21H27N3O2/c1-13-8-15-16(21(4,5)7-6-20(15,2)3)9-17(13)28(12-22(23,24)25)19-26-10-14(11-27-19)18(29)30;1-7-25(20-23-12-15(13-24-20)19(26)27)18-11-17-16(10-14(18)2)21(3,4)8-9-22(17,5)6;1-19(2)7-8-20(3,4)16-9-14(5-6-15(16)19)27(12-21(22,23)24)18-25-10-13(11-26-18)17(28)29;1-6-24(19-22-12-14(13-23-19)18(25)26)15-7-8-16-17(11-15)21(4,5)10-9-20(16,2)3/h8-11H,6-7,12H2,1-5H3,(H,29,30);10-13H,7-9H2,1-6H3,(H,26,27);5-6,9-11H,7-8,12H2,1-4H3,(H,28,29);7-8,11-13H,6,9-10H2,1-5H3,(H,25,26). The van der Waals surface area contributed by atoms with Crippen LogP contribution >= 0.6 is 0 Å². The number of aryl methyl sites for hydroxylation is 2. The van der Waals surface area contributed by atoms with E-state index in [1.54, 1.807) is 19.1 Å².